The second kappa shape index (κ2) is 4.54. The zero-order chi connectivity index (χ0) is 9.68. The molecule has 0 aliphatic rings. The van der Waals surface area contributed by atoms with Crippen LogP contribution in [0.5, 0.6) is 5.75 Å². The van der Waals surface area contributed by atoms with Crippen molar-refractivity contribution in [1.82, 2.24) is 0 Å². The third-order valence-corrected chi connectivity index (χ3v) is 1.76. The number of methoxy groups -OCH3 is 1. The smallest absolute Gasteiger partial charge is 0.119 e. The van der Waals surface area contributed by atoms with E-state index in [1.807, 2.05) is 24.3 Å². The van der Waals surface area contributed by atoms with E-state index in [9.17, 15) is 5.11 Å². The molecule has 2 heteroatoms. The summed E-state index contributed by atoms with van der Waals surface area (Å²) in [6, 6.07) is 7.49. The zero-order valence-corrected chi connectivity index (χ0v) is 7.53. The number of benzene rings is 1. The van der Waals surface area contributed by atoms with E-state index < -0.39 is 6.10 Å². The molecule has 0 saturated heterocycles. The highest BCUT2D eigenvalue weighted by Crippen LogP contribution is 2.13. The van der Waals surface area contributed by atoms with Crippen LogP contribution in [0.3, 0.4) is 0 Å². The SMILES string of the molecule is C#CC(O)Cc1cccc(OC)c1. The van der Waals surface area contributed by atoms with E-state index in [1.165, 1.54) is 0 Å². The fourth-order valence-electron chi connectivity index (χ4n) is 1.08. The van der Waals surface area contributed by atoms with Gasteiger partial charge >= 0.3 is 0 Å². The van der Waals surface area contributed by atoms with Crippen LogP contribution in [0.1, 0.15) is 5.56 Å². The summed E-state index contributed by atoms with van der Waals surface area (Å²) in [4.78, 5) is 0. The minimum Gasteiger partial charge on any atom is -0.497 e. The number of hydrogen-bond acceptors (Lipinski definition) is 2. The molecule has 0 bridgehead atoms. The molecule has 0 aliphatic heterocycles. The lowest BCUT2D eigenvalue weighted by Gasteiger charge is -2.05. The molecule has 0 saturated carbocycles. The molecule has 0 amide bonds. The summed E-state index contributed by atoms with van der Waals surface area (Å²) in [5.41, 5.74) is 0.977. The molecule has 0 aliphatic carbocycles. The Bertz CT molecular complexity index is 312. The molecule has 0 fully saturated rings. The van der Waals surface area contributed by atoms with Crippen molar-refractivity contribution in [3.63, 3.8) is 0 Å². The Balaban J connectivity index is 2.73. The summed E-state index contributed by atoms with van der Waals surface area (Å²) in [5, 5.41) is 9.20. The lowest BCUT2D eigenvalue weighted by molar-refractivity contribution is 0.233. The van der Waals surface area contributed by atoms with Crippen LogP contribution < -0.4 is 4.74 Å². The quantitative estimate of drug-likeness (QED) is 0.702. The minimum absolute atomic E-state index is 0.466. The van der Waals surface area contributed by atoms with Crippen LogP contribution >= 0.6 is 0 Å². The molecule has 0 spiro atoms. The van der Waals surface area contributed by atoms with E-state index in [-0.39, 0.29) is 0 Å². The predicted octanol–water partition coefficient (Wildman–Crippen LogP) is 1.23. The summed E-state index contributed by atoms with van der Waals surface area (Å²) in [7, 11) is 1.61. The molecule has 2 nitrogen and oxygen atoms in total. The van der Waals surface area contributed by atoms with Crippen molar-refractivity contribution in [2.45, 2.75) is 12.5 Å². The Morgan fingerprint density at radius 1 is 1.62 bits per heavy atom. The average Bonchev–Trinajstić information content (AvgIpc) is 2.18. The van der Waals surface area contributed by atoms with Crippen molar-refractivity contribution in [2.75, 3.05) is 7.11 Å². The number of terminal acetylenes is 1. The Kier molecular flexibility index (Phi) is 3.36. The first-order valence-electron chi connectivity index (χ1n) is 4.03. The highest BCUT2D eigenvalue weighted by Gasteiger charge is 2.01. The van der Waals surface area contributed by atoms with Crippen LogP contribution in [0.15, 0.2) is 24.3 Å². The molecular formula is C11H12O2. The fraction of sp³-hybridized carbons (Fsp3) is 0.273. The van der Waals surface area contributed by atoms with Gasteiger partial charge in [-0.05, 0) is 17.7 Å². The minimum atomic E-state index is -0.716. The van der Waals surface area contributed by atoms with Crippen LogP contribution in [0.2, 0.25) is 0 Å². The molecule has 1 aromatic carbocycles. The second-order valence-electron chi connectivity index (χ2n) is 2.74. The number of ether oxygens (including phenoxy) is 1. The highest BCUT2D eigenvalue weighted by atomic mass is 16.5. The van der Waals surface area contributed by atoms with Gasteiger partial charge in [-0.3, -0.25) is 0 Å². The van der Waals surface area contributed by atoms with Gasteiger partial charge in [0.15, 0.2) is 0 Å². The summed E-state index contributed by atoms with van der Waals surface area (Å²) in [6.07, 6.45) is 4.81. The molecule has 0 heterocycles. The standard InChI is InChI=1S/C11H12O2/c1-3-10(12)7-9-5-4-6-11(8-9)13-2/h1,4-6,8,10,12H,7H2,2H3. The maximum atomic E-state index is 9.20. The van der Waals surface area contributed by atoms with E-state index in [4.69, 9.17) is 11.2 Å². The largest absolute Gasteiger partial charge is 0.497 e. The Labute approximate surface area is 78.2 Å². The average molecular weight is 176 g/mol. The monoisotopic (exact) mass is 176 g/mol. The summed E-state index contributed by atoms with van der Waals surface area (Å²) in [6.45, 7) is 0. The number of hydrogen-bond donors (Lipinski definition) is 1. The van der Waals surface area contributed by atoms with E-state index in [0.29, 0.717) is 6.42 Å². The van der Waals surface area contributed by atoms with Gasteiger partial charge in [-0.15, -0.1) is 6.42 Å². The molecule has 1 unspecified atom stereocenters. The second-order valence-corrected chi connectivity index (χ2v) is 2.74. The molecule has 1 atom stereocenters. The maximum absolute atomic E-state index is 9.20. The molecule has 0 aromatic heterocycles. The zero-order valence-electron chi connectivity index (χ0n) is 7.53. The van der Waals surface area contributed by atoms with E-state index in [0.717, 1.165) is 11.3 Å². The summed E-state index contributed by atoms with van der Waals surface area (Å²) in [5.74, 6) is 3.04. The predicted molar refractivity (Wildman–Crippen MR) is 51.5 cm³/mol. The molecule has 0 radical (unpaired) electrons. The fourth-order valence-corrected chi connectivity index (χ4v) is 1.08. The first-order chi connectivity index (χ1) is 6.26. The first kappa shape index (κ1) is 9.63. The van der Waals surface area contributed by atoms with Crippen molar-refractivity contribution in [3.05, 3.63) is 29.8 Å². The molecule has 68 valence electrons. The normalized spacial score (nSPS) is 11.8. The van der Waals surface area contributed by atoms with Gasteiger partial charge < -0.3 is 9.84 Å². The maximum Gasteiger partial charge on any atom is 0.119 e. The van der Waals surface area contributed by atoms with E-state index in [1.54, 1.807) is 7.11 Å². The van der Waals surface area contributed by atoms with E-state index in [2.05, 4.69) is 5.92 Å². The van der Waals surface area contributed by atoms with Gasteiger partial charge in [-0.25, -0.2) is 0 Å². The van der Waals surface area contributed by atoms with Gasteiger partial charge in [0, 0.05) is 6.42 Å². The van der Waals surface area contributed by atoms with Gasteiger partial charge in [0.05, 0.1) is 7.11 Å². The first-order valence-corrected chi connectivity index (χ1v) is 4.03. The van der Waals surface area contributed by atoms with Gasteiger partial charge in [-0.1, -0.05) is 18.1 Å². The third kappa shape index (κ3) is 2.81. The Morgan fingerprint density at radius 3 is 3.00 bits per heavy atom. The van der Waals surface area contributed by atoms with Crippen LogP contribution in [-0.4, -0.2) is 18.3 Å². The number of rotatable bonds is 3. The van der Waals surface area contributed by atoms with Crippen molar-refractivity contribution in [3.8, 4) is 18.1 Å². The molecule has 1 aromatic rings. The van der Waals surface area contributed by atoms with Gasteiger partial charge in [0.1, 0.15) is 11.9 Å². The van der Waals surface area contributed by atoms with Crippen LogP contribution in [0.4, 0.5) is 0 Å². The van der Waals surface area contributed by atoms with Crippen LogP contribution in [-0.2, 0) is 6.42 Å². The number of aliphatic hydroxyl groups excluding tert-OH is 1. The number of aliphatic hydroxyl groups is 1. The molecule has 1 rings (SSSR count). The van der Waals surface area contributed by atoms with Crippen molar-refractivity contribution < 1.29 is 9.84 Å². The molecular weight excluding hydrogens is 164 g/mol. The van der Waals surface area contributed by atoms with Gasteiger partial charge in [0.25, 0.3) is 0 Å². The van der Waals surface area contributed by atoms with Crippen molar-refractivity contribution in [2.24, 2.45) is 0 Å². The molecule has 13 heavy (non-hydrogen) atoms. The Morgan fingerprint density at radius 2 is 2.38 bits per heavy atom. The van der Waals surface area contributed by atoms with Crippen LogP contribution in [0.25, 0.3) is 0 Å². The topological polar surface area (TPSA) is 29.5 Å². The third-order valence-electron chi connectivity index (χ3n) is 1.76. The van der Waals surface area contributed by atoms with Crippen molar-refractivity contribution >= 4 is 0 Å². The van der Waals surface area contributed by atoms with Crippen molar-refractivity contribution in [1.29, 1.82) is 0 Å². The lowest BCUT2D eigenvalue weighted by atomic mass is 10.1. The van der Waals surface area contributed by atoms with Gasteiger partial charge in [-0.2, -0.15) is 0 Å². The van der Waals surface area contributed by atoms with Gasteiger partial charge in [0.2, 0.25) is 0 Å². The summed E-state index contributed by atoms with van der Waals surface area (Å²) >= 11 is 0. The highest BCUT2D eigenvalue weighted by molar-refractivity contribution is 5.29. The summed E-state index contributed by atoms with van der Waals surface area (Å²) < 4.78 is 5.04. The lowest BCUT2D eigenvalue weighted by Crippen LogP contribution is -2.06. The van der Waals surface area contributed by atoms with Crippen LogP contribution in [0, 0.1) is 12.3 Å². The Hall–Kier alpha value is -1.46. The molecule has 1 N–H and O–H groups in total. The van der Waals surface area contributed by atoms with E-state index >= 15 is 0 Å².